The molecule has 2 aliphatic heterocycles. The number of anilines is 1. The molecule has 144 valence electrons. The lowest BCUT2D eigenvalue weighted by atomic mass is 9.86. The maximum absolute atomic E-state index is 13.3. The normalized spacial score (nSPS) is 27.6. The van der Waals surface area contributed by atoms with Crippen molar-refractivity contribution >= 4 is 29.3 Å². The zero-order chi connectivity index (χ0) is 18.9. The molecule has 4 rings (SSSR count). The van der Waals surface area contributed by atoms with Gasteiger partial charge in [0.05, 0.1) is 25.5 Å². The summed E-state index contributed by atoms with van der Waals surface area (Å²) in [6, 6.07) is 7.61. The Bertz CT molecular complexity index is 775. The molecule has 1 saturated heterocycles. The summed E-state index contributed by atoms with van der Waals surface area (Å²) in [6.07, 6.45) is 3.79. The zero-order valence-electron chi connectivity index (χ0n) is 15.4. The Hall–Kier alpha value is -1.99. The van der Waals surface area contributed by atoms with Crippen LogP contribution in [0.25, 0.3) is 0 Å². The second-order valence-corrected chi connectivity index (χ2v) is 8.15. The summed E-state index contributed by atoms with van der Waals surface area (Å²) in [6.45, 7) is 4.92. The van der Waals surface area contributed by atoms with Gasteiger partial charge in [-0.3, -0.25) is 4.79 Å². The molecular weight excluding hydrogens is 364 g/mol. The maximum Gasteiger partial charge on any atom is 0.333 e. The fraction of sp³-hybridized carbons (Fsp3) is 0.500. The zero-order valence-corrected chi connectivity index (χ0v) is 16.2. The minimum absolute atomic E-state index is 0.215. The third-order valence-corrected chi connectivity index (χ3v) is 6.89. The maximum atomic E-state index is 13.3. The number of morpholine rings is 1. The van der Waals surface area contributed by atoms with Gasteiger partial charge in [0.1, 0.15) is 0 Å². The van der Waals surface area contributed by atoms with Crippen LogP contribution < -0.4 is 5.32 Å². The van der Waals surface area contributed by atoms with Gasteiger partial charge in [0.25, 0.3) is 5.91 Å². The Balaban J connectivity index is 1.74. The quantitative estimate of drug-likeness (QED) is 0.632. The highest BCUT2D eigenvalue weighted by molar-refractivity contribution is 8.02. The Labute approximate surface area is 163 Å². The number of ether oxygens (including phenoxy) is 2. The van der Waals surface area contributed by atoms with Crippen LogP contribution in [0.3, 0.4) is 0 Å². The third-order valence-electron chi connectivity index (χ3n) is 5.35. The van der Waals surface area contributed by atoms with E-state index in [4.69, 9.17) is 9.47 Å². The lowest BCUT2D eigenvalue weighted by molar-refractivity contribution is -0.150. The highest BCUT2D eigenvalue weighted by atomic mass is 32.2. The van der Waals surface area contributed by atoms with Crippen molar-refractivity contribution in [3.63, 3.8) is 0 Å². The van der Waals surface area contributed by atoms with Crippen molar-refractivity contribution in [1.29, 1.82) is 0 Å². The van der Waals surface area contributed by atoms with Gasteiger partial charge in [0, 0.05) is 29.6 Å². The van der Waals surface area contributed by atoms with Gasteiger partial charge in [-0.1, -0.05) is 30.0 Å². The number of nitrogens with one attached hydrogen (secondary N) is 1. The number of nitrogens with zero attached hydrogens (tertiary/aromatic N) is 1. The van der Waals surface area contributed by atoms with Crippen LogP contribution in [-0.2, 0) is 19.1 Å². The van der Waals surface area contributed by atoms with E-state index in [0.717, 1.165) is 42.2 Å². The van der Waals surface area contributed by atoms with E-state index in [1.807, 2.05) is 24.3 Å². The number of thioether (sulfide) groups is 1. The molecule has 1 amide bonds. The van der Waals surface area contributed by atoms with Crippen LogP contribution in [0.1, 0.15) is 19.8 Å². The fourth-order valence-electron chi connectivity index (χ4n) is 4.11. The molecule has 1 fully saturated rings. The molecular formula is C20H24N2O4S. The Morgan fingerprint density at radius 1 is 1.37 bits per heavy atom. The van der Waals surface area contributed by atoms with Crippen molar-refractivity contribution in [3.05, 3.63) is 36.0 Å². The highest BCUT2D eigenvalue weighted by Crippen LogP contribution is 2.52. The topological polar surface area (TPSA) is 67.9 Å². The van der Waals surface area contributed by atoms with Gasteiger partial charge >= 0.3 is 5.97 Å². The first-order chi connectivity index (χ1) is 13.2. The molecule has 2 heterocycles. The van der Waals surface area contributed by atoms with Crippen LogP contribution in [-0.4, -0.2) is 54.4 Å². The number of rotatable bonds is 4. The molecule has 2 unspecified atom stereocenters. The van der Waals surface area contributed by atoms with Crippen LogP contribution >= 0.6 is 11.8 Å². The largest absolute Gasteiger partial charge is 0.465 e. The van der Waals surface area contributed by atoms with Crippen molar-refractivity contribution in [2.45, 2.75) is 29.4 Å². The summed E-state index contributed by atoms with van der Waals surface area (Å²) >= 11 is 1.34. The number of allylic oxidation sites excluding steroid dienone is 2. The number of hydrogen-bond donors (Lipinski definition) is 1. The number of fused-ring (bicyclic) bond motifs is 1. The number of carbonyl (C=O) groups excluding carboxylic acids is 2. The molecule has 6 nitrogen and oxygen atoms in total. The predicted octanol–water partition coefficient (Wildman–Crippen LogP) is 2.66. The van der Waals surface area contributed by atoms with Crippen molar-refractivity contribution in [2.24, 2.45) is 5.92 Å². The van der Waals surface area contributed by atoms with E-state index in [-0.39, 0.29) is 18.4 Å². The summed E-state index contributed by atoms with van der Waals surface area (Å²) < 4.78 is 9.60. The van der Waals surface area contributed by atoms with E-state index in [2.05, 4.69) is 16.3 Å². The standard InChI is InChI=1S/C20H24N2O4S/c1-2-26-19(24)20(18(23)21-15-7-3-4-9-17(15)27-20)14-6-5-8-16(14)22-10-12-25-13-11-22/h3-4,7-9,14H,2,5-6,10-13H2,1H3,(H,21,23). The lowest BCUT2D eigenvalue weighted by Crippen LogP contribution is -2.56. The molecule has 7 heteroatoms. The minimum Gasteiger partial charge on any atom is -0.465 e. The number of amides is 1. The molecule has 0 aromatic heterocycles. The average Bonchev–Trinajstić information content (AvgIpc) is 3.18. The van der Waals surface area contributed by atoms with Gasteiger partial charge in [-0.05, 0) is 31.9 Å². The highest BCUT2D eigenvalue weighted by Gasteiger charge is 2.59. The van der Waals surface area contributed by atoms with Crippen LogP contribution in [0.2, 0.25) is 0 Å². The van der Waals surface area contributed by atoms with Crippen molar-refractivity contribution in [1.82, 2.24) is 4.90 Å². The molecule has 27 heavy (non-hydrogen) atoms. The first-order valence-electron chi connectivity index (χ1n) is 9.46. The Kier molecular flexibility index (Phi) is 5.14. The summed E-state index contributed by atoms with van der Waals surface area (Å²) in [4.78, 5) is 29.7. The van der Waals surface area contributed by atoms with Gasteiger partial charge in [0.15, 0.2) is 0 Å². The fourth-order valence-corrected chi connectivity index (χ4v) is 5.50. The summed E-state index contributed by atoms with van der Waals surface area (Å²) in [5, 5.41) is 2.96. The van der Waals surface area contributed by atoms with Crippen LogP contribution in [0, 0.1) is 5.92 Å². The van der Waals surface area contributed by atoms with Gasteiger partial charge < -0.3 is 19.7 Å². The number of esters is 1. The van der Waals surface area contributed by atoms with Crippen LogP contribution in [0.4, 0.5) is 5.69 Å². The van der Waals surface area contributed by atoms with E-state index in [1.165, 1.54) is 11.8 Å². The smallest absolute Gasteiger partial charge is 0.333 e. The average molecular weight is 388 g/mol. The van der Waals surface area contributed by atoms with Crippen molar-refractivity contribution in [3.8, 4) is 0 Å². The Morgan fingerprint density at radius 3 is 2.93 bits per heavy atom. The molecule has 0 saturated carbocycles. The van der Waals surface area contributed by atoms with Gasteiger partial charge in [-0.25, -0.2) is 4.79 Å². The summed E-state index contributed by atoms with van der Waals surface area (Å²) in [5.41, 5.74) is 1.83. The predicted molar refractivity (Wildman–Crippen MR) is 103 cm³/mol. The SMILES string of the molecule is CCOC(=O)C1(C2CCC=C2N2CCOCC2)Sc2ccccc2NC1=O. The van der Waals surface area contributed by atoms with E-state index in [1.54, 1.807) is 6.92 Å². The van der Waals surface area contributed by atoms with Crippen LogP contribution in [0.15, 0.2) is 40.9 Å². The molecule has 1 N–H and O–H groups in total. The van der Waals surface area contributed by atoms with E-state index in [9.17, 15) is 9.59 Å². The second-order valence-electron chi connectivity index (χ2n) is 6.87. The molecule has 3 aliphatic rings. The number of benzene rings is 1. The molecule has 0 bridgehead atoms. The Morgan fingerprint density at radius 2 is 2.15 bits per heavy atom. The van der Waals surface area contributed by atoms with E-state index in [0.29, 0.717) is 13.2 Å². The van der Waals surface area contributed by atoms with E-state index >= 15 is 0 Å². The monoisotopic (exact) mass is 388 g/mol. The summed E-state index contributed by atoms with van der Waals surface area (Å²) in [7, 11) is 0. The molecule has 1 aliphatic carbocycles. The first kappa shape index (κ1) is 18.4. The third kappa shape index (κ3) is 3.12. The minimum atomic E-state index is -1.30. The number of hydrogen-bond acceptors (Lipinski definition) is 6. The first-order valence-corrected chi connectivity index (χ1v) is 10.3. The van der Waals surface area contributed by atoms with Gasteiger partial charge in [-0.15, -0.1) is 0 Å². The number of para-hydroxylation sites is 1. The lowest BCUT2D eigenvalue weighted by Gasteiger charge is -2.42. The van der Waals surface area contributed by atoms with Crippen molar-refractivity contribution in [2.75, 3.05) is 38.2 Å². The molecule has 0 radical (unpaired) electrons. The second kappa shape index (κ2) is 7.56. The van der Waals surface area contributed by atoms with E-state index < -0.39 is 10.7 Å². The van der Waals surface area contributed by atoms with Gasteiger partial charge in [-0.2, -0.15) is 0 Å². The molecule has 1 aromatic carbocycles. The van der Waals surface area contributed by atoms with Crippen LogP contribution in [0.5, 0.6) is 0 Å². The molecule has 2 atom stereocenters. The molecule has 0 spiro atoms. The van der Waals surface area contributed by atoms with Crippen molar-refractivity contribution < 1.29 is 19.1 Å². The number of carbonyl (C=O) groups is 2. The van der Waals surface area contributed by atoms with Gasteiger partial charge in [0.2, 0.25) is 4.75 Å². The summed E-state index contributed by atoms with van der Waals surface area (Å²) in [5.74, 6) is -0.947. The molecule has 1 aromatic rings.